The Morgan fingerprint density at radius 3 is 2.59 bits per heavy atom. The van der Waals surface area contributed by atoms with E-state index in [1.165, 1.54) is 24.3 Å². The fraction of sp³-hybridized carbons (Fsp3) is 0.0556. The van der Waals surface area contributed by atoms with Gasteiger partial charge in [0.1, 0.15) is 24.0 Å². The SMILES string of the molecule is O=C(Nc1cc(F)ccc1F)c1cc(COc2ccc([N+](=O)[O-])cc2)cs1. The minimum atomic E-state index is -0.733. The number of rotatable bonds is 6. The topological polar surface area (TPSA) is 81.5 Å². The second-order valence-corrected chi connectivity index (χ2v) is 6.35. The molecule has 1 aromatic heterocycles. The Morgan fingerprint density at radius 1 is 1.15 bits per heavy atom. The number of non-ortho nitro benzene ring substituents is 1. The normalized spacial score (nSPS) is 10.4. The van der Waals surface area contributed by atoms with Crippen molar-refractivity contribution in [1.29, 1.82) is 0 Å². The molecular formula is C18H12F2N2O4S. The second kappa shape index (κ2) is 7.92. The van der Waals surface area contributed by atoms with E-state index in [-0.39, 0.29) is 18.0 Å². The van der Waals surface area contributed by atoms with Gasteiger partial charge in [0, 0.05) is 23.8 Å². The number of nitrogens with zero attached hydrogens (tertiary/aromatic N) is 1. The van der Waals surface area contributed by atoms with E-state index < -0.39 is 22.5 Å². The van der Waals surface area contributed by atoms with Gasteiger partial charge in [-0.2, -0.15) is 0 Å². The van der Waals surface area contributed by atoms with Crippen molar-refractivity contribution in [3.63, 3.8) is 0 Å². The molecule has 0 bridgehead atoms. The van der Waals surface area contributed by atoms with E-state index in [0.29, 0.717) is 16.2 Å². The largest absolute Gasteiger partial charge is 0.489 e. The molecular weight excluding hydrogens is 378 g/mol. The first-order chi connectivity index (χ1) is 12.9. The molecule has 0 saturated carbocycles. The van der Waals surface area contributed by atoms with E-state index in [2.05, 4.69) is 5.32 Å². The third kappa shape index (κ3) is 4.64. The van der Waals surface area contributed by atoms with Crippen LogP contribution in [0.1, 0.15) is 15.2 Å². The van der Waals surface area contributed by atoms with Gasteiger partial charge in [-0.05, 0) is 35.7 Å². The predicted molar refractivity (Wildman–Crippen MR) is 96.1 cm³/mol. The maximum atomic E-state index is 13.6. The Morgan fingerprint density at radius 2 is 1.89 bits per heavy atom. The average Bonchev–Trinajstić information content (AvgIpc) is 3.12. The molecule has 0 saturated heterocycles. The molecule has 3 aromatic rings. The maximum absolute atomic E-state index is 13.6. The molecule has 0 unspecified atom stereocenters. The Kier molecular flexibility index (Phi) is 5.41. The summed E-state index contributed by atoms with van der Waals surface area (Å²) >= 11 is 1.13. The van der Waals surface area contributed by atoms with Crippen molar-refractivity contribution in [2.24, 2.45) is 0 Å². The van der Waals surface area contributed by atoms with Crippen LogP contribution in [0.15, 0.2) is 53.9 Å². The van der Waals surface area contributed by atoms with Crippen molar-refractivity contribution < 1.29 is 23.2 Å². The molecule has 0 radical (unpaired) electrons. The number of nitro groups is 1. The van der Waals surface area contributed by atoms with E-state index in [9.17, 15) is 23.7 Å². The molecule has 0 aliphatic heterocycles. The zero-order valence-electron chi connectivity index (χ0n) is 13.6. The van der Waals surface area contributed by atoms with Gasteiger partial charge in [0.25, 0.3) is 11.6 Å². The lowest BCUT2D eigenvalue weighted by atomic mass is 10.2. The van der Waals surface area contributed by atoms with Crippen LogP contribution in [0, 0.1) is 21.7 Å². The lowest BCUT2D eigenvalue weighted by Crippen LogP contribution is -2.11. The summed E-state index contributed by atoms with van der Waals surface area (Å²) in [4.78, 5) is 22.6. The van der Waals surface area contributed by atoms with Gasteiger partial charge in [0.15, 0.2) is 0 Å². The first-order valence-corrected chi connectivity index (χ1v) is 8.51. The number of nitro benzene ring substituents is 1. The van der Waals surface area contributed by atoms with Crippen molar-refractivity contribution in [2.45, 2.75) is 6.61 Å². The highest BCUT2D eigenvalue weighted by Gasteiger charge is 2.13. The number of hydrogen-bond acceptors (Lipinski definition) is 5. The third-order valence-electron chi connectivity index (χ3n) is 3.51. The van der Waals surface area contributed by atoms with Gasteiger partial charge in [0.2, 0.25) is 0 Å². The van der Waals surface area contributed by atoms with Crippen LogP contribution in [-0.2, 0) is 6.61 Å². The number of nitrogens with one attached hydrogen (secondary N) is 1. The molecule has 0 aliphatic rings. The molecule has 6 nitrogen and oxygen atoms in total. The zero-order valence-corrected chi connectivity index (χ0v) is 14.5. The Balaban J connectivity index is 1.61. The standard InChI is InChI=1S/C18H12F2N2O4S/c19-12-1-6-15(20)16(8-12)21-18(23)17-7-11(10-27-17)9-26-14-4-2-13(3-5-14)22(24)25/h1-8,10H,9H2,(H,21,23). The van der Waals surface area contributed by atoms with Crippen molar-refractivity contribution in [2.75, 3.05) is 5.32 Å². The molecule has 2 aromatic carbocycles. The Labute approximate surface area is 156 Å². The van der Waals surface area contributed by atoms with Crippen LogP contribution in [0.25, 0.3) is 0 Å². The molecule has 1 amide bonds. The molecule has 0 atom stereocenters. The fourth-order valence-corrected chi connectivity index (χ4v) is 2.97. The van der Waals surface area contributed by atoms with E-state index in [1.54, 1.807) is 11.4 Å². The number of amides is 1. The molecule has 0 aliphatic carbocycles. The number of anilines is 1. The summed E-state index contributed by atoms with van der Waals surface area (Å²) in [6.07, 6.45) is 0. The molecule has 0 spiro atoms. The number of ether oxygens (including phenoxy) is 1. The van der Waals surface area contributed by atoms with Gasteiger partial charge < -0.3 is 10.1 Å². The van der Waals surface area contributed by atoms with Gasteiger partial charge in [-0.25, -0.2) is 8.78 Å². The van der Waals surface area contributed by atoms with Crippen molar-refractivity contribution in [3.8, 4) is 5.75 Å². The number of halogens is 2. The summed E-state index contributed by atoms with van der Waals surface area (Å²) in [5, 5.41) is 14.6. The minimum absolute atomic E-state index is 0.0404. The first kappa shape index (κ1) is 18.5. The van der Waals surface area contributed by atoms with Crippen LogP contribution in [0.2, 0.25) is 0 Å². The molecule has 0 fully saturated rings. The highest BCUT2D eigenvalue weighted by molar-refractivity contribution is 7.12. The summed E-state index contributed by atoms with van der Waals surface area (Å²) < 4.78 is 32.3. The van der Waals surface area contributed by atoms with Gasteiger partial charge in [0.05, 0.1) is 15.5 Å². The summed E-state index contributed by atoms with van der Waals surface area (Å²) in [5.41, 5.74) is 0.418. The highest BCUT2D eigenvalue weighted by Crippen LogP contribution is 2.22. The lowest BCUT2D eigenvalue weighted by Gasteiger charge is -2.05. The summed E-state index contributed by atoms with van der Waals surface area (Å²) in [5.74, 6) is -1.51. The Bertz CT molecular complexity index is 989. The average molecular weight is 390 g/mol. The molecule has 27 heavy (non-hydrogen) atoms. The molecule has 3 rings (SSSR count). The van der Waals surface area contributed by atoms with Crippen molar-refractivity contribution >= 4 is 28.6 Å². The smallest absolute Gasteiger partial charge is 0.269 e. The van der Waals surface area contributed by atoms with Crippen LogP contribution in [0.4, 0.5) is 20.2 Å². The highest BCUT2D eigenvalue weighted by atomic mass is 32.1. The number of thiophene rings is 1. The van der Waals surface area contributed by atoms with Crippen LogP contribution >= 0.6 is 11.3 Å². The first-order valence-electron chi connectivity index (χ1n) is 7.63. The summed E-state index contributed by atoms with van der Waals surface area (Å²) in [6, 6.07) is 9.98. The second-order valence-electron chi connectivity index (χ2n) is 5.44. The quantitative estimate of drug-likeness (QED) is 0.486. The van der Waals surface area contributed by atoms with E-state index in [0.717, 1.165) is 29.5 Å². The molecule has 9 heteroatoms. The molecule has 138 valence electrons. The number of hydrogen-bond donors (Lipinski definition) is 1. The summed E-state index contributed by atoms with van der Waals surface area (Å²) in [7, 11) is 0. The monoisotopic (exact) mass is 390 g/mol. The predicted octanol–water partition coefficient (Wildman–Crippen LogP) is 4.77. The Hall–Kier alpha value is -3.33. The van der Waals surface area contributed by atoms with Gasteiger partial charge in [-0.15, -0.1) is 11.3 Å². The summed E-state index contributed by atoms with van der Waals surface area (Å²) in [6.45, 7) is 0.149. The van der Waals surface area contributed by atoms with E-state index >= 15 is 0 Å². The molecule has 1 heterocycles. The molecule has 1 N–H and O–H groups in total. The van der Waals surface area contributed by atoms with Gasteiger partial charge >= 0.3 is 0 Å². The van der Waals surface area contributed by atoms with Crippen LogP contribution in [-0.4, -0.2) is 10.8 Å². The number of carbonyl (C=O) groups is 1. The zero-order chi connectivity index (χ0) is 19.4. The van der Waals surface area contributed by atoms with E-state index in [1.807, 2.05) is 0 Å². The fourth-order valence-electron chi connectivity index (χ4n) is 2.18. The maximum Gasteiger partial charge on any atom is 0.269 e. The van der Waals surface area contributed by atoms with Gasteiger partial charge in [-0.1, -0.05) is 0 Å². The number of benzene rings is 2. The van der Waals surface area contributed by atoms with Crippen molar-refractivity contribution in [1.82, 2.24) is 0 Å². The third-order valence-corrected chi connectivity index (χ3v) is 4.48. The van der Waals surface area contributed by atoms with Crippen LogP contribution < -0.4 is 10.1 Å². The number of carbonyl (C=O) groups excluding carboxylic acids is 1. The van der Waals surface area contributed by atoms with Crippen molar-refractivity contribution in [3.05, 3.63) is 86.1 Å². The van der Waals surface area contributed by atoms with Crippen LogP contribution in [0.5, 0.6) is 5.75 Å². The lowest BCUT2D eigenvalue weighted by molar-refractivity contribution is -0.384. The minimum Gasteiger partial charge on any atom is -0.489 e. The van der Waals surface area contributed by atoms with E-state index in [4.69, 9.17) is 4.74 Å². The van der Waals surface area contributed by atoms with Crippen LogP contribution in [0.3, 0.4) is 0 Å². The van der Waals surface area contributed by atoms with Gasteiger partial charge in [-0.3, -0.25) is 14.9 Å².